The molecule has 0 radical (unpaired) electrons. The van der Waals surface area contributed by atoms with E-state index in [2.05, 4.69) is 21.2 Å². The van der Waals surface area contributed by atoms with Gasteiger partial charge in [-0.3, -0.25) is 0 Å². The Hall–Kier alpha value is -1.26. The molecular weight excluding hydrogens is 307 g/mol. The smallest absolute Gasteiger partial charge is 0.148 e. The second-order valence-corrected chi connectivity index (χ2v) is 4.75. The topological polar surface area (TPSA) is 38.0 Å². The summed E-state index contributed by atoms with van der Waals surface area (Å²) in [6.07, 6.45) is 0. The van der Waals surface area contributed by atoms with Crippen LogP contribution < -0.4 is 11.1 Å². The molecule has 0 fully saturated rings. The van der Waals surface area contributed by atoms with Gasteiger partial charge in [-0.2, -0.15) is 0 Å². The Morgan fingerprint density at radius 1 is 1.18 bits per heavy atom. The van der Waals surface area contributed by atoms with Gasteiger partial charge in [0.05, 0.1) is 10.7 Å². The number of anilines is 3. The number of nitrogen functional groups attached to an aromatic ring is 1. The van der Waals surface area contributed by atoms with Crippen LogP contribution >= 0.6 is 27.5 Å². The lowest BCUT2D eigenvalue weighted by Gasteiger charge is -2.09. The second-order valence-electron chi connectivity index (χ2n) is 3.49. The van der Waals surface area contributed by atoms with E-state index >= 15 is 0 Å². The Balaban J connectivity index is 2.28. The third-order valence-corrected chi connectivity index (χ3v) is 3.42. The molecule has 0 heterocycles. The summed E-state index contributed by atoms with van der Waals surface area (Å²) < 4.78 is 14.3. The fourth-order valence-corrected chi connectivity index (χ4v) is 1.79. The highest BCUT2D eigenvalue weighted by Crippen LogP contribution is 2.28. The number of halogens is 3. The minimum absolute atomic E-state index is 0.359. The molecule has 2 rings (SSSR count). The van der Waals surface area contributed by atoms with E-state index in [4.69, 9.17) is 17.3 Å². The van der Waals surface area contributed by atoms with Gasteiger partial charge in [0.15, 0.2) is 0 Å². The SMILES string of the molecule is Nc1ccc(Nc2ccc(Br)c(Cl)c2)c(F)c1. The number of nitrogens with one attached hydrogen (secondary N) is 1. The number of nitrogens with two attached hydrogens (primary N) is 1. The molecule has 2 aromatic carbocycles. The monoisotopic (exact) mass is 314 g/mol. The number of hydrogen-bond donors (Lipinski definition) is 2. The van der Waals surface area contributed by atoms with Gasteiger partial charge in [0.1, 0.15) is 5.82 Å². The maximum atomic E-state index is 13.5. The normalized spacial score (nSPS) is 10.3. The van der Waals surface area contributed by atoms with Gasteiger partial charge < -0.3 is 11.1 Å². The first-order valence-electron chi connectivity index (χ1n) is 4.83. The van der Waals surface area contributed by atoms with Gasteiger partial charge in [0.2, 0.25) is 0 Å². The van der Waals surface area contributed by atoms with Gasteiger partial charge in [0.25, 0.3) is 0 Å². The van der Waals surface area contributed by atoms with Crippen molar-refractivity contribution in [1.82, 2.24) is 0 Å². The molecule has 0 saturated heterocycles. The van der Waals surface area contributed by atoms with Crippen molar-refractivity contribution in [1.29, 1.82) is 0 Å². The van der Waals surface area contributed by atoms with Gasteiger partial charge >= 0.3 is 0 Å². The van der Waals surface area contributed by atoms with E-state index in [1.54, 1.807) is 30.3 Å². The zero-order chi connectivity index (χ0) is 12.4. The van der Waals surface area contributed by atoms with Gasteiger partial charge in [-0.15, -0.1) is 0 Å². The first-order valence-corrected chi connectivity index (χ1v) is 6.00. The molecule has 2 nitrogen and oxygen atoms in total. The van der Waals surface area contributed by atoms with Crippen LogP contribution in [-0.2, 0) is 0 Å². The fourth-order valence-electron chi connectivity index (χ4n) is 1.36. The zero-order valence-electron chi connectivity index (χ0n) is 8.68. The summed E-state index contributed by atoms with van der Waals surface area (Å²) in [5, 5.41) is 3.49. The summed E-state index contributed by atoms with van der Waals surface area (Å²) in [7, 11) is 0. The van der Waals surface area contributed by atoms with E-state index in [9.17, 15) is 4.39 Å². The molecule has 0 spiro atoms. The third-order valence-electron chi connectivity index (χ3n) is 2.19. The first kappa shape index (κ1) is 12.2. The molecule has 17 heavy (non-hydrogen) atoms. The molecule has 0 aliphatic heterocycles. The van der Waals surface area contributed by atoms with Crippen LogP contribution in [-0.4, -0.2) is 0 Å². The Labute approximate surface area is 112 Å². The van der Waals surface area contributed by atoms with Crippen LogP contribution in [0.1, 0.15) is 0 Å². The van der Waals surface area contributed by atoms with Gasteiger partial charge in [-0.1, -0.05) is 11.6 Å². The molecule has 0 aromatic heterocycles. The molecule has 88 valence electrons. The van der Waals surface area contributed by atoms with Crippen LogP contribution in [0.2, 0.25) is 5.02 Å². The van der Waals surface area contributed by atoms with E-state index in [-0.39, 0.29) is 0 Å². The van der Waals surface area contributed by atoms with Crippen LogP contribution in [0.25, 0.3) is 0 Å². The lowest BCUT2D eigenvalue weighted by molar-refractivity contribution is 0.632. The summed E-state index contributed by atoms with van der Waals surface area (Å²) in [4.78, 5) is 0. The van der Waals surface area contributed by atoms with E-state index in [1.807, 2.05) is 0 Å². The molecule has 2 aromatic rings. The highest BCUT2D eigenvalue weighted by Gasteiger charge is 2.04. The van der Waals surface area contributed by atoms with Crippen molar-refractivity contribution in [3.05, 3.63) is 51.7 Å². The summed E-state index contributed by atoms with van der Waals surface area (Å²) in [6.45, 7) is 0. The van der Waals surface area contributed by atoms with E-state index in [0.717, 1.165) is 4.47 Å². The number of benzene rings is 2. The zero-order valence-corrected chi connectivity index (χ0v) is 11.0. The lowest BCUT2D eigenvalue weighted by atomic mass is 10.2. The highest BCUT2D eigenvalue weighted by molar-refractivity contribution is 9.10. The van der Waals surface area contributed by atoms with Crippen LogP contribution in [0, 0.1) is 5.82 Å². The minimum Gasteiger partial charge on any atom is -0.399 e. The second kappa shape index (κ2) is 4.94. The quantitative estimate of drug-likeness (QED) is 0.797. The van der Waals surface area contributed by atoms with Crippen molar-refractivity contribution in [2.75, 3.05) is 11.1 Å². The van der Waals surface area contributed by atoms with Crippen molar-refractivity contribution in [3.8, 4) is 0 Å². The fraction of sp³-hybridized carbons (Fsp3) is 0. The molecule has 5 heteroatoms. The maximum absolute atomic E-state index is 13.5. The average molecular weight is 316 g/mol. The summed E-state index contributed by atoms with van der Waals surface area (Å²) >= 11 is 9.23. The van der Waals surface area contributed by atoms with Crippen LogP contribution in [0.15, 0.2) is 40.9 Å². The Kier molecular flexibility index (Phi) is 3.54. The van der Waals surface area contributed by atoms with Gasteiger partial charge in [0, 0.05) is 15.8 Å². The van der Waals surface area contributed by atoms with Crippen molar-refractivity contribution in [3.63, 3.8) is 0 Å². The van der Waals surface area contributed by atoms with Crippen molar-refractivity contribution in [2.24, 2.45) is 0 Å². The number of rotatable bonds is 2. The molecule has 0 bridgehead atoms. The van der Waals surface area contributed by atoms with E-state index < -0.39 is 5.82 Å². The molecule has 0 aliphatic carbocycles. The average Bonchev–Trinajstić information content (AvgIpc) is 2.27. The van der Waals surface area contributed by atoms with Gasteiger partial charge in [-0.05, 0) is 52.3 Å². The number of hydrogen-bond acceptors (Lipinski definition) is 2. The highest BCUT2D eigenvalue weighted by atomic mass is 79.9. The predicted octanol–water partition coefficient (Wildman–Crippen LogP) is 4.57. The summed E-state index contributed by atoms with van der Waals surface area (Å²) in [5.74, 6) is -0.399. The van der Waals surface area contributed by atoms with Crippen LogP contribution in [0.5, 0.6) is 0 Å². The maximum Gasteiger partial charge on any atom is 0.148 e. The summed E-state index contributed by atoms with van der Waals surface area (Å²) in [5.41, 5.74) is 6.93. The van der Waals surface area contributed by atoms with E-state index in [0.29, 0.717) is 22.1 Å². The van der Waals surface area contributed by atoms with E-state index in [1.165, 1.54) is 6.07 Å². The van der Waals surface area contributed by atoms with Crippen molar-refractivity contribution >= 4 is 44.6 Å². The third kappa shape index (κ3) is 2.90. The largest absolute Gasteiger partial charge is 0.399 e. The molecular formula is C12H9BrClFN2. The Bertz CT molecular complexity index is 560. The molecule has 0 atom stereocenters. The van der Waals surface area contributed by atoms with Crippen LogP contribution in [0.3, 0.4) is 0 Å². The van der Waals surface area contributed by atoms with Gasteiger partial charge in [-0.25, -0.2) is 4.39 Å². The van der Waals surface area contributed by atoms with Crippen LogP contribution in [0.4, 0.5) is 21.5 Å². The Morgan fingerprint density at radius 3 is 2.59 bits per heavy atom. The first-order chi connectivity index (χ1) is 8.06. The minimum atomic E-state index is -0.399. The van der Waals surface area contributed by atoms with Crippen molar-refractivity contribution in [2.45, 2.75) is 0 Å². The molecule has 0 aliphatic rings. The molecule has 3 N–H and O–H groups in total. The standard InChI is InChI=1S/C12H9BrClFN2/c13-9-3-2-8(6-10(9)14)17-12-4-1-7(16)5-11(12)15/h1-6,17H,16H2. The van der Waals surface area contributed by atoms with Crippen molar-refractivity contribution < 1.29 is 4.39 Å². The molecule has 0 unspecified atom stereocenters. The predicted molar refractivity (Wildman–Crippen MR) is 73.2 cm³/mol. The molecule has 0 amide bonds. The summed E-state index contributed by atoms with van der Waals surface area (Å²) in [6, 6.07) is 9.78. The Morgan fingerprint density at radius 2 is 1.94 bits per heavy atom. The molecule has 0 saturated carbocycles. The lowest BCUT2D eigenvalue weighted by Crippen LogP contribution is -1.95.